The molecule has 0 amide bonds. The Morgan fingerprint density at radius 3 is 1.45 bits per heavy atom. The maximum Gasteiger partial charge on any atom is 0.227 e. The van der Waals surface area contributed by atoms with Crippen molar-refractivity contribution >= 4 is 38.9 Å². The molecule has 0 bridgehead atoms. The third kappa shape index (κ3) is 6.21. The highest BCUT2D eigenvalue weighted by molar-refractivity contribution is 5.98. The van der Waals surface area contributed by atoms with Crippen LogP contribution >= 0.6 is 0 Å². The molecule has 0 saturated heterocycles. The zero-order valence-electron chi connectivity index (χ0n) is 30.6. The van der Waals surface area contributed by atoms with E-state index in [2.05, 4.69) is 217 Å². The van der Waals surface area contributed by atoms with Crippen molar-refractivity contribution in [1.29, 1.82) is 0 Å². The topological polar surface area (TPSA) is 29.3 Å². The van der Waals surface area contributed by atoms with Crippen molar-refractivity contribution in [2.45, 2.75) is 0 Å². The van der Waals surface area contributed by atoms with Crippen molar-refractivity contribution in [3.8, 4) is 56.0 Å². The summed E-state index contributed by atoms with van der Waals surface area (Å²) in [5, 5.41) is 2.45. The summed E-state index contributed by atoms with van der Waals surface area (Å²) in [5.41, 5.74) is 15.2. The highest BCUT2D eigenvalue weighted by atomic mass is 16.3. The van der Waals surface area contributed by atoms with E-state index in [4.69, 9.17) is 9.40 Å². The Labute approximate surface area is 326 Å². The molecule has 3 heteroatoms. The normalized spacial score (nSPS) is 11.2. The van der Waals surface area contributed by atoms with Crippen LogP contribution < -0.4 is 4.90 Å². The fourth-order valence-electron chi connectivity index (χ4n) is 7.82. The first-order chi connectivity index (χ1) is 27.8. The Balaban J connectivity index is 0.956. The summed E-state index contributed by atoms with van der Waals surface area (Å²) in [6, 6.07) is 77.0. The van der Waals surface area contributed by atoms with Crippen LogP contribution in [0.3, 0.4) is 0 Å². The lowest BCUT2D eigenvalue weighted by Gasteiger charge is -2.25. The first-order valence-corrected chi connectivity index (χ1v) is 19.0. The molecule has 0 radical (unpaired) electrons. The fourth-order valence-corrected chi connectivity index (χ4v) is 7.82. The Bertz CT molecular complexity index is 2900. The van der Waals surface area contributed by atoms with Gasteiger partial charge in [0.05, 0.1) is 0 Å². The number of para-hydroxylation sites is 2. The van der Waals surface area contributed by atoms with E-state index in [1.54, 1.807) is 0 Å². The molecule has 0 spiro atoms. The van der Waals surface area contributed by atoms with E-state index < -0.39 is 0 Å². The maximum absolute atomic E-state index is 6.29. The van der Waals surface area contributed by atoms with Crippen molar-refractivity contribution in [3.63, 3.8) is 0 Å². The summed E-state index contributed by atoms with van der Waals surface area (Å²) >= 11 is 0. The van der Waals surface area contributed by atoms with Gasteiger partial charge in [-0.1, -0.05) is 158 Å². The van der Waals surface area contributed by atoms with E-state index >= 15 is 0 Å². The van der Waals surface area contributed by atoms with Crippen LogP contribution in [0, 0.1) is 0 Å². The summed E-state index contributed by atoms with van der Waals surface area (Å²) in [5.74, 6) is 0.613. The number of aromatic nitrogens is 1. The molecule has 9 aromatic carbocycles. The molecule has 10 rings (SSSR count). The highest BCUT2D eigenvalue weighted by Gasteiger charge is 2.16. The van der Waals surface area contributed by atoms with Gasteiger partial charge in [-0.3, -0.25) is 0 Å². The van der Waals surface area contributed by atoms with Gasteiger partial charge in [-0.25, -0.2) is 4.98 Å². The maximum atomic E-state index is 6.29. The molecule has 56 heavy (non-hydrogen) atoms. The first kappa shape index (κ1) is 33.1. The van der Waals surface area contributed by atoms with E-state index in [-0.39, 0.29) is 0 Å². The van der Waals surface area contributed by atoms with Crippen molar-refractivity contribution in [1.82, 2.24) is 4.98 Å². The molecule has 0 atom stereocenters. The molecule has 10 aromatic rings. The number of benzene rings is 9. The summed E-state index contributed by atoms with van der Waals surface area (Å²) in [6.45, 7) is 0. The molecule has 0 fully saturated rings. The van der Waals surface area contributed by atoms with Gasteiger partial charge < -0.3 is 9.32 Å². The molecule has 1 aromatic heterocycles. The Hall–Kier alpha value is -7.49. The number of fused-ring (bicyclic) bond motifs is 2. The van der Waals surface area contributed by atoms with Crippen LogP contribution in [0.25, 0.3) is 77.8 Å². The standard InChI is InChI=1S/C53H36N2O/c1-3-16-42(17-4-1)55(43-18-5-2-6-19-43)44-33-30-39(31-34-44)47-22-10-12-24-50(47)49-23-11-9-21-46(49)38-26-28-40(29-27-38)53-54-51-36-41(32-35-52(51)56-53)48-25-13-15-37-14-7-8-20-45(37)48/h1-36H. The van der Waals surface area contributed by atoms with Crippen LogP contribution in [0.15, 0.2) is 223 Å². The summed E-state index contributed by atoms with van der Waals surface area (Å²) in [4.78, 5) is 7.23. The van der Waals surface area contributed by atoms with E-state index in [0.717, 1.165) is 50.4 Å². The number of rotatable bonds is 8. The highest BCUT2D eigenvalue weighted by Crippen LogP contribution is 2.41. The zero-order valence-corrected chi connectivity index (χ0v) is 30.6. The van der Waals surface area contributed by atoms with E-state index in [9.17, 15) is 0 Å². The fraction of sp³-hybridized carbons (Fsp3) is 0. The monoisotopic (exact) mass is 716 g/mol. The smallest absolute Gasteiger partial charge is 0.227 e. The Morgan fingerprint density at radius 1 is 0.339 bits per heavy atom. The summed E-state index contributed by atoms with van der Waals surface area (Å²) < 4.78 is 6.29. The largest absolute Gasteiger partial charge is 0.436 e. The van der Waals surface area contributed by atoms with Crippen LogP contribution in [-0.2, 0) is 0 Å². The minimum Gasteiger partial charge on any atom is -0.436 e. The van der Waals surface area contributed by atoms with E-state index in [1.165, 1.54) is 38.6 Å². The number of hydrogen-bond acceptors (Lipinski definition) is 3. The minimum atomic E-state index is 0.613. The lowest BCUT2D eigenvalue weighted by atomic mass is 9.89. The van der Waals surface area contributed by atoms with Gasteiger partial charge in [-0.05, 0) is 116 Å². The van der Waals surface area contributed by atoms with Gasteiger partial charge in [-0.2, -0.15) is 0 Å². The third-order valence-electron chi connectivity index (χ3n) is 10.5. The molecule has 0 saturated carbocycles. The minimum absolute atomic E-state index is 0.613. The second kappa shape index (κ2) is 14.4. The SMILES string of the molecule is c1ccc(N(c2ccccc2)c2ccc(-c3ccccc3-c3ccccc3-c3ccc(-c4nc5cc(-c6cccc7ccccc67)ccc5o4)cc3)cc2)cc1. The van der Waals surface area contributed by atoms with Crippen molar-refractivity contribution in [3.05, 3.63) is 218 Å². The Kier molecular flexibility index (Phi) is 8.51. The zero-order chi connectivity index (χ0) is 37.3. The number of anilines is 3. The van der Waals surface area contributed by atoms with Gasteiger partial charge in [0.2, 0.25) is 5.89 Å². The van der Waals surface area contributed by atoms with E-state index in [0.29, 0.717) is 5.89 Å². The molecule has 0 N–H and O–H groups in total. The number of oxazole rings is 1. The molecule has 0 aliphatic carbocycles. The van der Waals surface area contributed by atoms with Crippen LogP contribution in [0.5, 0.6) is 0 Å². The van der Waals surface area contributed by atoms with E-state index in [1.807, 2.05) is 6.07 Å². The van der Waals surface area contributed by atoms with Gasteiger partial charge in [0.1, 0.15) is 5.52 Å². The van der Waals surface area contributed by atoms with Crippen LogP contribution in [-0.4, -0.2) is 4.98 Å². The summed E-state index contributed by atoms with van der Waals surface area (Å²) in [6.07, 6.45) is 0. The van der Waals surface area contributed by atoms with Gasteiger partial charge in [0, 0.05) is 22.6 Å². The number of hydrogen-bond donors (Lipinski definition) is 0. The average Bonchev–Trinajstić information content (AvgIpc) is 3.71. The Morgan fingerprint density at radius 2 is 0.804 bits per heavy atom. The third-order valence-corrected chi connectivity index (χ3v) is 10.5. The first-order valence-electron chi connectivity index (χ1n) is 19.0. The summed E-state index contributed by atoms with van der Waals surface area (Å²) in [7, 11) is 0. The molecular formula is C53H36N2O. The molecule has 0 aliphatic heterocycles. The van der Waals surface area contributed by atoms with Crippen molar-refractivity contribution in [2.75, 3.05) is 4.90 Å². The van der Waals surface area contributed by atoms with Gasteiger partial charge >= 0.3 is 0 Å². The van der Waals surface area contributed by atoms with Crippen molar-refractivity contribution in [2.24, 2.45) is 0 Å². The molecular weight excluding hydrogens is 681 g/mol. The number of nitrogens with zero attached hydrogens (tertiary/aromatic N) is 2. The van der Waals surface area contributed by atoms with Crippen LogP contribution in [0.2, 0.25) is 0 Å². The predicted octanol–water partition coefficient (Wildman–Crippen LogP) is 14.8. The van der Waals surface area contributed by atoms with Crippen molar-refractivity contribution < 1.29 is 4.42 Å². The van der Waals surface area contributed by atoms with Gasteiger partial charge in [0.25, 0.3) is 0 Å². The van der Waals surface area contributed by atoms with Gasteiger partial charge in [0.15, 0.2) is 5.58 Å². The molecule has 0 unspecified atom stereocenters. The molecule has 0 aliphatic rings. The predicted molar refractivity (Wildman–Crippen MR) is 233 cm³/mol. The lowest BCUT2D eigenvalue weighted by molar-refractivity contribution is 0.620. The second-order valence-corrected chi connectivity index (χ2v) is 14.0. The van der Waals surface area contributed by atoms with Crippen LogP contribution in [0.1, 0.15) is 0 Å². The quantitative estimate of drug-likeness (QED) is 0.157. The molecule has 3 nitrogen and oxygen atoms in total. The second-order valence-electron chi connectivity index (χ2n) is 14.0. The lowest BCUT2D eigenvalue weighted by Crippen LogP contribution is -2.09. The van der Waals surface area contributed by atoms with Crippen LogP contribution in [0.4, 0.5) is 17.1 Å². The molecule has 1 heterocycles. The average molecular weight is 717 g/mol. The van der Waals surface area contributed by atoms with Gasteiger partial charge in [-0.15, -0.1) is 0 Å². The molecule has 264 valence electrons.